The van der Waals surface area contributed by atoms with E-state index in [9.17, 15) is 0 Å². The summed E-state index contributed by atoms with van der Waals surface area (Å²) < 4.78 is 0. The molecule has 0 bridgehead atoms. The van der Waals surface area contributed by atoms with Crippen molar-refractivity contribution in [2.45, 2.75) is 52.5 Å². The fourth-order valence-corrected chi connectivity index (χ4v) is 2.51. The van der Waals surface area contributed by atoms with Gasteiger partial charge in [-0.2, -0.15) is 0 Å². The van der Waals surface area contributed by atoms with Gasteiger partial charge in [-0.1, -0.05) is 50.6 Å². The molecule has 1 aromatic rings. The van der Waals surface area contributed by atoms with E-state index >= 15 is 0 Å². The molecule has 1 heteroatoms. The molecule has 0 spiro atoms. The second kappa shape index (κ2) is 8.30. The normalized spacial score (nSPS) is 14.5. The molecule has 17 heavy (non-hydrogen) atoms. The molecular weight excluding hydrogens is 206 g/mol. The summed E-state index contributed by atoms with van der Waals surface area (Å²) in [5.74, 6) is 0.818. The monoisotopic (exact) mass is 233 g/mol. The number of benzene rings is 1. The van der Waals surface area contributed by atoms with Crippen molar-refractivity contribution in [2.24, 2.45) is 5.92 Å². The molecule has 96 valence electrons. The van der Waals surface area contributed by atoms with Crippen LogP contribution in [0.3, 0.4) is 0 Å². The highest BCUT2D eigenvalue weighted by atomic mass is 14.9. The van der Waals surface area contributed by atoms with E-state index in [0.717, 1.165) is 12.5 Å². The zero-order valence-corrected chi connectivity index (χ0v) is 11.6. The molecule has 1 N–H and O–H groups in total. The molecule has 2 unspecified atom stereocenters. The van der Waals surface area contributed by atoms with Crippen LogP contribution in [0.2, 0.25) is 0 Å². The van der Waals surface area contributed by atoms with Crippen molar-refractivity contribution in [2.75, 3.05) is 6.54 Å². The second-order valence-corrected chi connectivity index (χ2v) is 4.89. The van der Waals surface area contributed by atoms with E-state index in [2.05, 4.69) is 56.4 Å². The Morgan fingerprint density at radius 1 is 1.12 bits per heavy atom. The lowest BCUT2D eigenvalue weighted by Crippen LogP contribution is -2.33. The molecular formula is C16H27N. The predicted molar refractivity (Wildman–Crippen MR) is 76.3 cm³/mol. The van der Waals surface area contributed by atoms with Crippen LogP contribution in [0.4, 0.5) is 0 Å². The van der Waals surface area contributed by atoms with E-state index < -0.39 is 0 Å². The van der Waals surface area contributed by atoms with Crippen LogP contribution in [-0.4, -0.2) is 12.6 Å². The number of aryl methyl sites for hydroxylation is 1. The molecule has 0 aliphatic carbocycles. The van der Waals surface area contributed by atoms with Gasteiger partial charge in [-0.25, -0.2) is 0 Å². The predicted octanol–water partition coefficient (Wildman–Crippen LogP) is 4.03. The molecule has 0 saturated carbocycles. The molecule has 0 aromatic heterocycles. The van der Waals surface area contributed by atoms with Crippen LogP contribution in [-0.2, 0) is 6.42 Å². The SMILES string of the molecule is CCNC(C)C(CC)CCCc1ccccc1. The quantitative estimate of drug-likeness (QED) is 0.714. The van der Waals surface area contributed by atoms with E-state index in [4.69, 9.17) is 0 Å². The maximum absolute atomic E-state index is 3.55. The van der Waals surface area contributed by atoms with Crippen LogP contribution in [0, 0.1) is 5.92 Å². The number of nitrogens with one attached hydrogen (secondary N) is 1. The minimum absolute atomic E-state index is 0.653. The summed E-state index contributed by atoms with van der Waals surface area (Å²) in [6.45, 7) is 7.89. The highest BCUT2D eigenvalue weighted by molar-refractivity contribution is 5.14. The lowest BCUT2D eigenvalue weighted by Gasteiger charge is -2.23. The van der Waals surface area contributed by atoms with E-state index in [1.165, 1.54) is 31.2 Å². The Morgan fingerprint density at radius 2 is 1.82 bits per heavy atom. The Labute approximate surface area is 107 Å². The maximum Gasteiger partial charge on any atom is 0.00667 e. The van der Waals surface area contributed by atoms with Crippen molar-refractivity contribution in [1.82, 2.24) is 5.32 Å². The lowest BCUT2D eigenvalue weighted by molar-refractivity contribution is 0.341. The Balaban J connectivity index is 2.28. The van der Waals surface area contributed by atoms with Gasteiger partial charge in [-0.3, -0.25) is 0 Å². The molecule has 0 aliphatic rings. The number of rotatable bonds is 8. The van der Waals surface area contributed by atoms with Crippen molar-refractivity contribution < 1.29 is 0 Å². The third kappa shape index (κ3) is 5.36. The van der Waals surface area contributed by atoms with Crippen LogP contribution in [0.1, 0.15) is 45.6 Å². The van der Waals surface area contributed by atoms with E-state index in [1.807, 2.05) is 0 Å². The summed E-state index contributed by atoms with van der Waals surface area (Å²) in [5.41, 5.74) is 1.47. The minimum Gasteiger partial charge on any atom is -0.314 e. The summed E-state index contributed by atoms with van der Waals surface area (Å²) in [4.78, 5) is 0. The van der Waals surface area contributed by atoms with Crippen molar-refractivity contribution in [1.29, 1.82) is 0 Å². The summed E-state index contributed by atoms with van der Waals surface area (Å²) in [6.07, 6.45) is 5.14. The van der Waals surface area contributed by atoms with Gasteiger partial charge >= 0.3 is 0 Å². The molecule has 1 nitrogen and oxygen atoms in total. The smallest absolute Gasteiger partial charge is 0.00667 e. The average molecular weight is 233 g/mol. The van der Waals surface area contributed by atoms with Crippen molar-refractivity contribution in [3.63, 3.8) is 0 Å². The average Bonchev–Trinajstić information content (AvgIpc) is 2.36. The summed E-state index contributed by atoms with van der Waals surface area (Å²) in [5, 5.41) is 3.55. The van der Waals surface area contributed by atoms with Crippen LogP contribution < -0.4 is 5.32 Å². The fraction of sp³-hybridized carbons (Fsp3) is 0.625. The summed E-state index contributed by atoms with van der Waals surface area (Å²) in [7, 11) is 0. The Hall–Kier alpha value is -0.820. The highest BCUT2D eigenvalue weighted by Gasteiger charge is 2.13. The molecule has 2 atom stereocenters. The van der Waals surface area contributed by atoms with Gasteiger partial charge in [0.25, 0.3) is 0 Å². The zero-order valence-electron chi connectivity index (χ0n) is 11.6. The first kappa shape index (κ1) is 14.2. The first-order chi connectivity index (χ1) is 8.27. The largest absolute Gasteiger partial charge is 0.314 e. The van der Waals surface area contributed by atoms with Gasteiger partial charge < -0.3 is 5.32 Å². The van der Waals surface area contributed by atoms with Crippen LogP contribution in [0.25, 0.3) is 0 Å². The molecule has 0 amide bonds. The van der Waals surface area contributed by atoms with Gasteiger partial charge in [0.15, 0.2) is 0 Å². The molecule has 0 aliphatic heterocycles. The van der Waals surface area contributed by atoms with Crippen molar-refractivity contribution in [3.8, 4) is 0 Å². The topological polar surface area (TPSA) is 12.0 Å². The van der Waals surface area contributed by atoms with Gasteiger partial charge in [-0.15, -0.1) is 0 Å². The summed E-state index contributed by atoms with van der Waals surface area (Å²) >= 11 is 0. The standard InChI is InChI=1S/C16H27N/c1-4-16(14(3)17-5-2)13-9-12-15-10-7-6-8-11-15/h6-8,10-11,14,16-17H,4-5,9,12-13H2,1-3H3. The molecule has 0 fully saturated rings. The minimum atomic E-state index is 0.653. The Morgan fingerprint density at radius 3 is 2.41 bits per heavy atom. The third-order valence-corrected chi connectivity index (χ3v) is 3.64. The molecule has 1 rings (SSSR count). The first-order valence-corrected chi connectivity index (χ1v) is 7.05. The Kier molecular flexibility index (Phi) is 6.95. The summed E-state index contributed by atoms with van der Waals surface area (Å²) in [6, 6.07) is 11.5. The van der Waals surface area contributed by atoms with E-state index in [-0.39, 0.29) is 0 Å². The first-order valence-electron chi connectivity index (χ1n) is 7.05. The maximum atomic E-state index is 3.55. The fourth-order valence-electron chi connectivity index (χ4n) is 2.51. The molecule has 1 aromatic carbocycles. The van der Waals surface area contributed by atoms with Gasteiger partial charge in [-0.05, 0) is 44.2 Å². The molecule has 0 radical (unpaired) electrons. The van der Waals surface area contributed by atoms with Gasteiger partial charge in [0, 0.05) is 6.04 Å². The second-order valence-electron chi connectivity index (χ2n) is 4.89. The number of hydrogen-bond donors (Lipinski definition) is 1. The van der Waals surface area contributed by atoms with Crippen molar-refractivity contribution in [3.05, 3.63) is 35.9 Å². The lowest BCUT2D eigenvalue weighted by atomic mass is 9.91. The van der Waals surface area contributed by atoms with Crippen LogP contribution >= 0.6 is 0 Å². The van der Waals surface area contributed by atoms with E-state index in [0.29, 0.717) is 6.04 Å². The third-order valence-electron chi connectivity index (χ3n) is 3.64. The number of hydrogen-bond acceptors (Lipinski definition) is 1. The molecule has 0 heterocycles. The molecule has 0 saturated heterocycles. The Bertz CT molecular complexity index is 281. The van der Waals surface area contributed by atoms with Crippen LogP contribution in [0.15, 0.2) is 30.3 Å². The van der Waals surface area contributed by atoms with Crippen LogP contribution in [0.5, 0.6) is 0 Å². The van der Waals surface area contributed by atoms with Crippen molar-refractivity contribution >= 4 is 0 Å². The van der Waals surface area contributed by atoms with Gasteiger partial charge in [0.05, 0.1) is 0 Å². The van der Waals surface area contributed by atoms with Gasteiger partial charge in [0.1, 0.15) is 0 Å². The highest BCUT2D eigenvalue weighted by Crippen LogP contribution is 2.17. The zero-order chi connectivity index (χ0) is 12.5. The van der Waals surface area contributed by atoms with Gasteiger partial charge in [0.2, 0.25) is 0 Å². The van der Waals surface area contributed by atoms with E-state index in [1.54, 1.807) is 0 Å².